The number of aromatic nitrogens is 1. The number of carbonyl (C=O) groups is 2. The van der Waals surface area contributed by atoms with Crippen LogP contribution in [0.5, 0.6) is 0 Å². The third kappa shape index (κ3) is 4.03. The van der Waals surface area contributed by atoms with Crippen molar-refractivity contribution in [2.45, 2.75) is 12.8 Å². The monoisotopic (exact) mass is 333 g/mol. The van der Waals surface area contributed by atoms with Gasteiger partial charge < -0.3 is 15.5 Å². The molecule has 0 saturated carbocycles. The van der Waals surface area contributed by atoms with Gasteiger partial charge in [0.25, 0.3) is 11.7 Å². The molecule has 0 atom stereocenters. The molecule has 2 amide bonds. The lowest BCUT2D eigenvalue weighted by atomic mass is 9.96. The zero-order valence-electron chi connectivity index (χ0n) is 14.0. The minimum Gasteiger partial charge on any atom is -0.369 e. The summed E-state index contributed by atoms with van der Waals surface area (Å²) in [6.07, 6.45) is 3.34. The molecule has 3 rings (SSSR count). The van der Waals surface area contributed by atoms with E-state index in [1.165, 1.54) is 4.90 Å². The number of amides is 2. The molecule has 0 unspecified atom stereocenters. The third-order valence-electron chi connectivity index (χ3n) is 5.16. The highest BCUT2D eigenvalue weighted by Gasteiger charge is 2.31. The van der Waals surface area contributed by atoms with Crippen LogP contribution >= 0.6 is 0 Å². The first-order valence-electron chi connectivity index (χ1n) is 8.76. The van der Waals surface area contributed by atoms with Crippen molar-refractivity contribution in [3.8, 4) is 0 Å². The van der Waals surface area contributed by atoms with E-state index < -0.39 is 0 Å². The van der Waals surface area contributed by atoms with Gasteiger partial charge in [-0.1, -0.05) is 6.07 Å². The zero-order valence-corrected chi connectivity index (χ0v) is 14.0. The molecule has 24 heavy (non-hydrogen) atoms. The topological polar surface area (TPSA) is 85.2 Å². The Kier molecular flexibility index (Phi) is 5.30. The summed E-state index contributed by atoms with van der Waals surface area (Å²) in [5, 5.41) is 0. The summed E-state index contributed by atoms with van der Waals surface area (Å²) in [6.45, 7) is 5.70. The van der Waals surface area contributed by atoms with Gasteiger partial charge in [0.15, 0.2) is 6.54 Å². The van der Waals surface area contributed by atoms with Crippen molar-refractivity contribution in [3.05, 3.63) is 24.4 Å². The van der Waals surface area contributed by atoms with Crippen LogP contribution in [0, 0.1) is 5.92 Å². The number of hydrogen-bond donors (Lipinski definition) is 2. The van der Waals surface area contributed by atoms with Gasteiger partial charge in [0, 0.05) is 25.1 Å². The second kappa shape index (κ2) is 7.61. The number of anilines is 1. The molecule has 7 nitrogen and oxygen atoms in total. The fourth-order valence-corrected chi connectivity index (χ4v) is 3.56. The molecule has 2 aliphatic heterocycles. The first-order valence-corrected chi connectivity index (χ1v) is 8.76. The summed E-state index contributed by atoms with van der Waals surface area (Å²) in [6, 6.07) is 6.09. The first-order chi connectivity index (χ1) is 11.6. The maximum absolute atomic E-state index is 12.5. The molecular formula is C17H27N5O2+2. The molecular weight excluding hydrogens is 306 g/mol. The van der Waals surface area contributed by atoms with Crippen LogP contribution in [-0.2, 0) is 9.59 Å². The standard InChI is InChI=1S/C17H25N5O2/c18-17(24)14-4-7-22(8-5-14)16(23)13-20-9-11-21(12-10-20)15-3-1-2-6-19-15/h1-3,6,14H,4-5,7-13H2,(H2,18,24)/p+2. The molecule has 4 N–H and O–H groups in total. The number of carbonyl (C=O) groups excluding carboxylic acids is 2. The molecule has 3 heterocycles. The van der Waals surface area contributed by atoms with Crippen molar-refractivity contribution in [1.82, 2.24) is 4.90 Å². The van der Waals surface area contributed by atoms with E-state index in [0.717, 1.165) is 32.0 Å². The number of likely N-dealkylation sites (tertiary alicyclic amines) is 1. The maximum atomic E-state index is 12.5. The zero-order chi connectivity index (χ0) is 16.9. The van der Waals surface area contributed by atoms with Crippen LogP contribution in [0.25, 0.3) is 0 Å². The first kappa shape index (κ1) is 16.7. The molecule has 2 aliphatic rings. The molecule has 0 spiro atoms. The van der Waals surface area contributed by atoms with Crippen LogP contribution in [-0.4, -0.2) is 62.5 Å². The maximum Gasteiger partial charge on any atom is 0.277 e. The average Bonchev–Trinajstić information content (AvgIpc) is 2.63. The van der Waals surface area contributed by atoms with Crippen molar-refractivity contribution in [3.63, 3.8) is 0 Å². The highest BCUT2D eigenvalue weighted by Crippen LogP contribution is 2.16. The van der Waals surface area contributed by atoms with Crippen molar-refractivity contribution < 1.29 is 19.5 Å². The Balaban J connectivity index is 1.43. The number of nitrogens with one attached hydrogen (secondary N) is 2. The fraction of sp³-hybridized carbons (Fsp3) is 0.588. The number of aromatic amines is 1. The molecule has 0 aliphatic carbocycles. The van der Waals surface area contributed by atoms with E-state index in [9.17, 15) is 9.59 Å². The highest BCUT2D eigenvalue weighted by atomic mass is 16.2. The Morgan fingerprint density at radius 2 is 1.88 bits per heavy atom. The van der Waals surface area contributed by atoms with E-state index in [1.54, 1.807) is 0 Å². The number of primary amides is 1. The van der Waals surface area contributed by atoms with E-state index in [0.29, 0.717) is 32.5 Å². The van der Waals surface area contributed by atoms with Crippen LogP contribution in [0.1, 0.15) is 12.8 Å². The molecule has 0 aromatic carbocycles. The lowest BCUT2D eigenvalue weighted by Gasteiger charge is -2.33. The van der Waals surface area contributed by atoms with E-state index in [2.05, 4.69) is 16.0 Å². The number of nitrogens with zero attached hydrogens (tertiary/aromatic N) is 2. The molecule has 0 radical (unpaired) electrons. The van der Waals surface area contributed by atoms with Gasteiger partial charge in [-0.05, 0) is 18.9 Å². The molecule has 1 aromatic rings. The van der Waals surface area contributed by atoms with E-state index >= 15 is 0 Å². The molecule has 7 heteroatoms. The Morgan fingerprint density at radius 3 is 2.46 bits per heavy atom. The molecule has 1 aromatic heterocycles. The van der Waals surface area contributed by atoms with E-state index in [1.807, 2.05) is 23.2 Å². The summed E-state index contributed by atoms with van der Waals surface area (Å²) < 4.78 is 0. The number of quaternary nitrogens is 1. The average molecular weight is 333 g/mol. The normalized spacial score (nSPS) is 20.2. The van der Waals surface area contributed by atoms with Gasteiger partial charge in [0.05, 0.1) is 6.20 Å². The van der Waals surface area contributed by atoms with Crippen LogP contribution in [0.4, 0.5) is 5.82 Å². The number of nitrogens with two attached hydrogens (primary N) is 1. The molecule has 2 fully saturated rings. The number of hydrogen-bond acceptors (Lipinski definition) is 3. The lowest BCUT2D eigenvalue weighted by Crippen LogP contribution is -3.16. The van der Waals surface area contributed by atoms with Gasteiger partial charge >= 0.3 is 0 Å². The van der Waals surface area contributed by atoms with Crippen molar-refractivity contribution in [1.29, 1.82) is 0 Å². The van der Waals surface area contributed by atoms with Crippen molar-refractivity contribution in [2.75, 3.05) is 50.7 Å². The molecule has 2 saturated heterocycles. The van der Waals surface area contributed by atoms with E-state index in [-0.39, 0.29) is 17.7 Å². The van der Waals surface area contributed by atoms with Gasteiger partial charge in [-0.2, -0.15) is 0 Å². The fourth-order valence-electron chi connectivity index (χ4n) is 3.56. The van der Waals surface area contributed by atoms with Crippen LogP contribution < -0.4 is 20.5 Å². The number of piperidine rings is 1. The summed E-state index contributed by atoms with van der Waals surface area (Å²) in [5.74, 6) is 1.04. The minimum absolute atomic E-state index is 0.0629. The Bertz CT molecular complexity index is 564. The highest BCUT2D eigenvalue weighted by molar-refractivity contribution is 5.79. The number of H-pyrrole nitrogens is 1. The van der Waals surface area contributed by atoms with Crippen molar-refractivity contribution in [2.24, 2.45) is 11.7 Å². The summed E-state index contributed by atoms with van der Waals surface area (Å²) in [5.41, 5.74) is 5.35. The predicted molar refractivity (Wildman–Crippen MR) is 89.3 cm³/mol. The number of rotatable bonds is 4. The Labute approximate surface area is 142 Å². The van der Waals surface area contributed by atoms with Gasteiger partial charge in [0.1, 0.15) is 26.2 Å². The predicted octanol–water partition coefficient (Wildman–Crippen LogP) is -2.07. The molecule has 130 valence electrons. The number of pyridine rings is 1. The van der Waals surface area contributed by atoms with E-state index in [4.69, 9.17) is 5.73 Å². The van der Waals surface area contributed by atoms with Gasteiger partial charge in [-0.15, -0.1) is 0 Å². The quantitative estimate of drug-likeness (QED) is 0.664. The van der Waals surface area contributed by atoms with Crippen LogP contribution in [0.2, 0.25) is 0 Å². The molecule has 0 bridgehead atoms. The Morgan fingerprint density at radius 1 is 1.17 bits per heavy atom. The lowest BCUT2D eigenvalue weighted by molar-refractivity contribution is -0.892. The SMILES string of the molecule is NC(=O)C1CCN(C(=O)C[NH+]2CCN(c3cccc[nH+]3)CC2)CC1. The second-order valence-electron chi connectivity index (χ2n) is 6.72. The van der Waals surface area contributed by atoms with Crippen LogP contribution in [0.3, 0.4) is 0 Å². The third-order valence-corrected chi connectivity index (χ3v) is 5.16. The minimum atomic E-state index is -0.235. The smallest absolute Gasteiger partial charge is 0.277 e. The van der Waals surface area contributed by atoms with Crippen molar-refractivity contribution >= 4 is 17.6 Å². The van der Waals surface area contributed by atoms with Gasteiger partial charge in [0.2, 0.25) is 5.91 Å². The van der Waals surface area contributed by atoms with Crippen LogP contribution in [0.15, 0.2) is 24.4 Å². The Hall–Kier alpha value is -2.15. The van der Waals surface area contributed by atoms with Gasteiger partial charge in [-0.3, -0.25) is 14.5 Å². The number of piperazine rings is 1. The summed E-state index contributed by atoms with van der Waals surface area (Å²) in [7, 11) is 0. The summed E-state index contributed by atoms with van der Waals surface area (Å²) in [4.78, 5) is 32.5. The second-order valence-corrected chi connectivity index (χ2v) is 6.72. The summed E-state index contributed by atoms with van der Waals surface area (Å²) >= 11 is 0. The largest absolute Gasteiger partial charge is 0.369 e. The van der Waals surface area contributed by atoms with Gasteiger partial charge in [-0.25, -0.2) is 4.98 Å².